The number of ether oxygens (including phenoxy) is 2. The molecule has 24 heavy (non-hydrogen) atoms. The molecule has 0 spiro atoms. The smallest absolute Gasteiger partial charge is 0.303 e. The fraction of sp³-hybridized carbons (Fsp3) is 0.211. The van der Waals surface area contributed by atoms with E-state index in [9.17, 15) is 4.79 Å². The quantitative estimate of drug-likeness (QED) is 0.742. The fourth-order valence-electron chi connectivity index (χ4n) is 2.34. The minimum absolute atomic E-state index is 0.0659. The van der Waals surface area contributed by atoms with E-state index in [2.05, 4.69) is 15.9 Å². The van der Waals surface area contributed by atoms with E-state index >= 15 is 0 Å². The first kappa shape index (κ1) is 18.1. The molecule has 0 amide bonds. The van der Waals surface area contributed by atoms with E-state index in [-0.39, 0.29) is 6.42 Å². The highest BCUT2D eigenvalue weighted by Gasteiger charge is 2.12. The summed E-state index contributed by atoms with van der Waals surface area (Å²) in [5.41, 5.74) is 2.93. The second-order valence-corrected chi connectivity index (χ2v) is 6.09. The maximum atomic E-state index is 10.9. The minimum Gasteiger partial charge on any atom is -0.497 e. The summed E-state index contributed by atoms with van der Waals surface area (Å²) in [4.78, 5) is 10.9. The van der Waals surface area contributed by atoms with Gasteiger partial charge < -0.3 is 14.6 Å². The Labute approximate surface area is 149 Å². The SMILES string of the molecule is COc1ccc(C(=C(Br)CCC(=O)O)c2ccc(OC)cc2)cc1. The molecular formula is C19H19BrO4. The molecule has 5 heteroatoms. The summed E-state index contributed by atoms with van der Waals surface area (Å²) in [6, 6.07) is 15.4. The number of allylic oxidation sites excluding steroid dienone is 1. The second kappa shape index (κ2) is 8.55. The summed E-state index contributed by atoms with van der Waals surface area (Å²) in [6.45, 7) is 0. The lowest BCUT2D eigenvalue weighted by molar-refractivity contribution is -0.136. The van der Waals surface area contributed by atoms with Gasteiger partial charge >= 0.3 is 5.97 Å². The van der Waals surface area contributed by atoms with Gasteiger partial charge in [-0.2, -0.15) is 0 Å². The molecule has 0 unspecified atom stereocenters. The van der Waals surface area contributed by atoms with E-state index in [1.54, 1.807) is 14.2 Å². The van der Waals surface area contributed by atoms with Crippen molar-refractivity contribution in [3.05, 3.63) is 64.1 Å². The first-order valence-corrected chi connectivity index (χ1v) is 8.23. The van der Waals surface area contributed by atoms with Crippen LogP contribution in [0.15, 0.2) is 53.0 Å². The van der Waals surface area contributed by atoms with Crippen molar-refractivity contribution in [2.75, 3.05) is 14.2 Å². The van der Waals surface area contributed by atoms with Gasteiger partial charge in [0.25, 0.3) is 0 Å². The van der Waals surface area contributed by atoms with Crippen molar-refractivity contribution in [1.82, 2.24) is 0 Å². The summed E-state index contributed by atoms with van der Waals surface area (Å²) >= 11 is 3.57. The zero-order chi connectivity index (χ0) is 17.5. The number of carboxylic acids is 1. The number of carboxylic acid groups (broad SMARTS) is 1. The molecule has 0 saturated heterocycles. The van der Waals surface area contributed by atoms with Gasteiger partial charge in [-0.1, -0.05) is 40.2 Å². The second-order valence-electron chi connectivity index (χ2n) is 5.13. The summed E-state index contributed by atoms with van der Waals surface area (Å²) < 4.78 is 11.3. The van der Waals surface area contributed by atoms with Gasteiger partial charge in [0, 0.05) is 10.9 Å². The van der Waals surface area contributed by atoms with Crippen LogP contribution in [0.5, 0.6) is 11.5 Å². The van der Waals surface area contributed by atoms with Gasteiger partial charge in [-0.3, -0.25) is 4.79 Å². The van der Waals surface area contributed by atoms with Gasteiger partial charge in [0.2, 0.25) is 0 Å². The zero-order valence-electron chi connectivity index (χ0n) is 13.6. The Hall–Kier alpha value is -2.27. The number of aliphatic carboxylic acids is 1. The van der Waals surface area contributed by atoms with Gasteiger partial charge in [-0.25, -0.2) is 0 Å². The van der Waals surface area contributed by atoms with Crippen molar-refractivity contribution >= 4 is 27.5 Å². The highest BCUT2D eigenvalue weighted by molar-refractivity contribution is 9.11. The van der Waals surface area contributed by atoms with Crippen LogP contribution in [-0.2, 0) is 4.79 Å². The van der Waals surface area contributed by atoms with Crippen molar-refractivity contribution in [1.29, 1.82) is 0 Å². The van der Waals surface area contributed by atoms with E-state index in [0.29, 0.717) is 6.42 Å². The van der Waals surface area contributed by atoms with Crippen LogP contribution in [0, 0.1) is 0 Å². The van der Waals surface area contributed by atoms with Crippen LogP contribution in [0.4, 0.5) is 0 Å². The van der Waals surface area contributed by atoms with Crippen molar-refractivity contribution in [3.63, 3.8) is 0 Å². The topological polar surface area (TPSA) is 55.8 Å². The summed E-state index contributed by atoms with van der Waals surface area (Å²) in [6.07, 6.45) is 0.485. The van der Waals surface area contributed by atoms with Crippen LogP contribution in [0.2, 0.25) is 0 Å². The Morgan fingerprint density at radius 2 is 1.29 bits per heavy atom. The van der Waals surface area contributed by atoms with Crippen LogP contribution in [0.3, 0.4) is 0 Å². The van der Waals surface area contributed by atoms with E-state index in [4.69, 9.17) is 14.6 Å². The maximum Gasteiger partial charge on any atom is 0.303 e. The fourth-order valence-corrected chi connectivity index (χ4v) is 2.99. The molecule has 0 saturated carbocycles. The Morgan fingerprint density at radius 1 is 0.875 bits per heavy atom. The molecule has 0 atom stereocenters. The molecule has 0 fully saturated rings. The lowest BCUT2D eigenvalue weighted by atomic mass is 9.96. The van der Waals surface area contributed by atoms with Crippen molar-refractivity contribution < 1.29 is 19.4 Å². The van der Waals surface area contributed by atoms with Gasteiger partial charge in [0.05, 0.1) is 14.2 Å². The molecule has 1 N–H and O–H groups in total. The van der Waals surface area contributed by atoms with E-state index in [0.717, 1.165) is 32.7 Å². The van der Waals surface area contributed by atoms with Gasteiger partial charge in [0.15, 0.2) is 0 Å². The molecule has 2 aromatic rings. The largest absolute Gasteiger partial charge is 0.497 e. The van der Waals surface area contributed by atoms with Crippen molar-refractivity contribution in [2.45, 2.75) is 12.8 Å². The normalized spacial score (nSPS) is 10.1. The summed E-state index contributed by atoms with van der Waals surface area (Å²) in [5, 5.41) is 8.95. The average Bonchev–Trinajstić information content (AvgIpc) is 2.61. The number of benzene rings is 2. The molecule has 0 radical (unpaired) electrons. The van der Waals surface area contributed by atoms with E-state index in [1.165, 1.54) is 0 Å². The number of methoxy groups -OCH3 is 2. The molecule has 0 aromatic heterocycles. The first-order valence-electron chi connectivity index (χ1n) is 7.44. The number of rotatable bonds is 7. The lowest BCUT2D eigenvalue weighted by Crippen LogP contribution is -1.97. The molecule has 0 aliphatic heterocycles. The maximum absolute atomic E-state index is 10.9. The minimum atomic E-state index is -0.823. The third-order valence-electron chi connectivity index (χ3n) is 3.59. The Balaban J connectivity index is 2.46. The molecule has 2 rings (SSSR count). The van der Waals surface area contributed by atoms with Gasteiger partial charge in [-0.05, 0) is 47.4 Å². The van der Waals surface area contributed by atoms with Gasteiger partial charge in [0.1, 0.15) is 11.5 Å². The van der Waals surface area contributed by atoms with Crippen LogP contribution in [-0.4, -0.2) is 25.3 Å². The third kappa shape index (κ3) is 4.61. The Kier molecular flexibility index (Phi) is 6.44. The van der Waals surface area contributed by atoms with Crippen LogP contribution in [0.1, 0.15) is 24.0 Å². The van der Waals surface area contributed by atoms with Crippen LogP contribution < -0.4 is 9.47 Å². The van der Waals surface area contributed by atoms with Crippen LogP contribution in [0.25, 0.3) is 5.57 Å². The highest BCUT2D eigenvalue weighted by atomic mass is 79.9. The number of hydrogen-bond acceptors (Lipinski definition) is 3. The number of hydrogen-bond donors (Lipinski definition) is 1. The molecule has 0 heterocycles. The molecule has 2 aromatic carbocycles. The Bertz CT molecular complexity index is 669. The molecule has 0 aliphatic carbocycles. The predicted molar refractivity (Wildman–Crippen MR) is 97.8 cm³/mol. The summed E-state index contributed by atoms with van der Waals surface area (Å²) in [5.74, 6) is 0.722. The molecule has 0 aliphatic rings. The lowest BCUT2D eigenvalue weighted by Gasteiger charge is -2.13. The molecule has 0 bridgehead atoms. The molecular weight excluding hydrogens is 372 g/mol. The number of halogens is 1. The van der Waals surface area contributed by atoms with Gasteiger partial charge in [-0.15, -0.1) is 0 Å². The third-order valence-corrected chi connectivity index (χ3v) is 4.38. The van der Waals surface area contributed by atoms with E-state index in [1.807, 2.05) is 48.5 Å². The highest BCUT2D eigenvalue weighted by Crippen LogP contribution is 2.34. The summed E-state index contributed by atoms with van der Waals surface area (Å²) in [7, 11) is 3.25. The Morgan fingerprint density at radius 3 is 1.62 bits per heavy atom. The molecule has 126 valence electrons. The number of carbonyl (C=O) groups is 1. The standard InChI is InChI=1S/C19H19BrO4/c1-23-15-7-3-13(4-8-15)19(17(20)11-12-18(21)22)14-5-9-16(24-2)10-6-14/h3-10H,11-12H2,1-2H3,(H,21,22). The predicted octanol–water partition coefficient (Wildman–Crippen LogP) is 4.72. The van der Waals surface area contributed by atoms with Crippen LogP contribution >= 0.6 is 15.9 Å². The molecule has 4 nitrogen and oxygen atoms in total. The monoisotopic (exact) mass is 390 g/mol. The zero-order valence-corrected chi connectivity index (χ0v) is 15.2. The van der Waals surface area contributed by atoms with Crippen molar-refractivity contribution in [3.8, 4) is 11.5 Å². The van der Waals surface area contributed by atoms with Crippen molar-refractivity contribution in [2.24, 2.45) is 0 Å². The van der Waals surface area contributed by atoms with E-state index < -0.39 is 5.97 Å². The first-order chi connectivity index (χ1) is 11.5. The average molecular weight is 391 g/mol.